The maximum atomic E-state index is 12.6. The second-order valence-electron chi connectivity index (χ2n) is 5.36. The van der Waals surface area contributed by atoms with Crippen molar-refractivity contribution in [2.75, 3.05) is 17.4 Å². The lowest BCUT2D eigenvalue weighted by Gasteiger charge is -2.34. The van der Waals surface area contributed by atoms with Crippen LogP contribution in [0.1, 0.15) is 5.56 Å². The van der Waals surface area contributed by atoms with Crippen molar-refractivity contribution in [1.29, 1.82) is 0 Å². The third-order valence-corrected chi connectivity index (χ3v) is 4.81. The van der Waals surface area contributed by atoms with Gasteiger partial charge in [-0.25, -0.2) is 4.99 Å². The number of hydrogen-bond donors (Lipinski definition) is 0. The molecule has 2 aliphatic heterocycles. The third kappa shape index (κ3) is 2.75. The molecule has 1 saturated heterocycles. The van der Waals surface area contributed by atoms with Crippen LogP contribution in [0.15, 0.2) is 71.4 Å². The van der Waals surface area contributed by atoms with Crippen LogP contribution in [-0.2, 0) is 4.79 Å². The molecule has 4 nitrogen and oxygen atoms in total. The Bertz CT molecular complexity index is 786. The Balaban J connectivity index is 1.57. The van der Waals surface area contributed by atoms with Gasteiger partial charge < -0.3 is 4.90 Å². The van der Waals surface area contributed by atoms with E-state index >= 15 is 0 Å². The van der Waals surface area contributed by atoms with Gasteiger partial charge in [0.15, 0.2) is 5.17 Å². The number of amidine groups is 1. The largest absolute Gasteiger partial charge is 0.343 e. The molecule has 2 heterocycles. The van der Waals surface area contributed by atoms with E-state index in [0.717, 1.165) is 22.3 Å². The van der Waals surface area contributed by atoms with Crippen LogP contribution in [0.25, 0.3) is 6.08 Å². The van der Waals surface area contributed by atoms with Gasteiger partial charge in [0.2, 0.25) is 0 Å². The van der Waals surface area contributed by atoms with E-state index in [4.69, 9.17) is 0 Å². The normalized spacial score (nSPS) is 19.0. The predicted molar refractivity (Wildman–Crippen MR) is 94.9 cm³/mol. The lowest BCUT2D eigenvalue weighted by atomic mass is 10.2. The average Bonchev–Trinajstić information content (AvgIpc) is 2.92. The number of para-hydroxylation sites is 1. The van der Waals surface area contributed by atoms with Crippen molar-refractivity contribution in [2.24, 2.45) is 4.99 Å². The SMILES string of the molecule is O=C1C(=Cc2ccccc2)N=C2SCN(c3ccccc3)CN12. The minimum atomic E-state index is -0.0306. The summed E-state index contributed by atoms with van der Waals surface area (Å²) in [7, 11) is 0. The smallest absolute Gasteiger partial charge is 0.280 e. The molecule has 114 valence electrons. The van der Waals surface area contributed by atoms with E-state index in [1.165, 1.54) is 0 Å². The Labute approximate surface area is 139 Å². The van der Waals surface area contributed by atoms with Gasteiger partial charge in [-0.15, -0.1) is 0 Å². The van der Waals surface area contributed by atoms with Crippen molar-refractivity contribution in [3.63, 3.8) is 0 Å². The summed E-state index contributed by atoms with van der Waals surface area (Å²) in [6.45, 7) is 0.542. The van der Waals surface area contributed by atoms with Crippen molar-refractivity contribution < 1.29 is 4.79 Å². The number of hydrogen-bond acceptors (Lipinski definition) is 4. The number of anilines is 1. The molecule has 1 fully saturated rings. The molecule has 0 radical (unpaired) electrons. The molecule has 5 heteroatoms. The van der Waals surface area contributed by atoms with Crippen LogP contribution in [0.5, 0.6) is 0 Å². The van der Waals surface area contributed by atoms with Gasteiger partial charge in [-0.2, -0.15) is 0 Å². The lowest BCUT2D eigenvalue weighted by Crippen LogP contribution is -2.46. The quantitative estimate of drug-likeness (QED) is 0.796. The van der Waals surface area contributed by atoms with Crippen molar-refractivity contribution in [2.45, 2.75) is 0 Å². The zero-order valence-electron chi connectivity index (χ0n) is 12.4. The average molecular weight is 321 g/mol. The third-order valence-electron chi connectivity index (χ3n) is 3.80. The van der Waals surface area contributed by atoms with Crippen LogP contribution in [0.3, 0.4) is 0 Å². The van der Waals surface area contributed by atoms with Crippen LogP contribution in [0.4, 0.5) is 5.69 Å². The summed E-state index contributed by atoms with van der Waals surface area (Å²) in [5, 5.41) is 0.796. The van der Waals surface area contributed by atoms with Gasteiger partial charge in [0, 0.05) is 5.69 Å². The number of rotatable bonds is 2. The van der Waals surface area contributed by atoms with Crippen molar-refractivity contribution >= 4 is 34.6 Å². The highest BCUT2D eigenvalue weighted by atomic mass is 32.2. The van der Waals surface area contributed by atoms with Gasteiger partial charge in [-0.1, -0.05) is 60.3 Å². The fraction of sp³-hybridized carbons (Fsp3) is 0.111. The van der Waals surface area contributed by atoms with Gasteiger partial charge in [0.05, 0.1) is 5.88 Å². The molecule has 4 rings (SSSR count). The van der Waals surface area contributed by atoms with E-state index in [9.17, 15) is 4.79 Å². The number of thioether (sulfide) groups is 1. The number of carbonyl (C=O) groups is 1. The van der Waals surface area contributed by atoms with Crippen LogP contribution >= 0.6 is 11.8 Å². The zero-order chi connectivity index (χ0) is 15.6. The Kier molecular flexibility index (Phi) is 3.63. The molecule has 0 aromatic heterocycles. The minimum Gasteiger partial charge on any atom is -0.343 e. The van der Waals surface area contributed by atoms with Crippen LogP contribution in [0.2, 0.25) is 0 Å². The number of benzene rings is 2. The van der Waals surface area contributed by atoms with Gasteiger partial charge in [0.25, 0.3) is 5.91 Å². The molecular weight excluding hydrogens is 306 g/mol. The number of aliphatic imine (C=N–C) groups is 1. The fourth-order valence-corrected chi connectivity index (χ4v) is 3.58. The lowest BCUT2D eigenvalue weighted by molar-refractivity contribution is -0.122. The monoisotopic (exact) mass is 321 g/mol. The first-order valence-corrected chi connectivity index (χ1v) is 8.40. The van der Waals surface area contributed by atoms with Gasteiger partial charge in [0.1, 0.15) is 12.4 Å². The van der Waals surface area contributed by atoms with E-state index in [-0.39, 0.29) is 5.91 Å². The maximum absolute atomic E-state index is 12.6. The Morgan fingerprint density at radius 2 is 1.70 bits per heavy atom. The number of amides is 1. The summed E-state index contributed by atoms with van der Waals surface area (Å²) in [4.78, 5) is 21.0. The van der Waals surface area contributed by atoms with Gasteiger partial charge >= 0.3 is 0 Å². The minimum absolute atomic E-state index is 0.0306. The fourth-order valence-electron chi connectivity index (χ4n) is 2.61. The second-order valence-corrected chi connectivity index (χ2v) is 6.27. The first-order valence-electron chi connectivity index (χ1n) is 7.41. The molecule has 2 aromatic carbocycles. The summed E-state index contributed by atoms with van der Waals surface area (Å²) in [5.74, 6) is 0.766. The molecule has 0 N–H and O–H groups in total. The van der Waals surface area contributed by atoms with Crippen LogP contribution in [-0.4, -0.2) is 28.5 Å². The molecule has 23 heavy (non-hydrogen) atoms. The van der Waals surface area contributed by atoms with E-state index in [2.05, 4.69) is 22.0 Å². The molecule has 0 spiro atoms. The highest BCUT2D eigenvalue weighted by Crippen LogP contribution is 2.30. The molecule has 0 aliphatic carbocycles. The van der Waals surface area contributed by atoms with E-state index in [1.54, 1.807) is 16.7 Å². The molecular formula is C18H15N3OS. The number of nitrogens with zero attached hydrogens (tertiary/aromatic N) is 3. The first kappa shape index (κ1) is 14.1. The summed E-state index contributed by atoms with van der Waals surface area (Å²) < 4.78 is 0. The van der Waals surface area contributed by atoms with Crippen molar-refractivity contribution in [1.82, 2.24) is 4.90 Å². The molecule has 0 unspecified atom stereocenters. The highest BCUT2D eigenvalue weighted by molar-refractivity contribution is 8.14. The van der Waals surface area contributed by atoms with E-state index < -0.39 is 0 Å². The topological polar surface area (TPSA) is 35.9 Å². The molecule has 1 amide bonds. The molecule has 0 atom stereocenters. The standard InChI is InChI=1S/C18H15N3OS/c22-17-16(11-14-7-3-1-4-8-14)19-18-21(17)12-20(13-23-18)15-9-5-2-6-10-15/h1-11H,12-13H2. The molecule has 2 aromatic rings. The molecule has 2 aliphatic rings. The maximum Gasteiger partial charge on any atom is 0.280 e. The summed E-state index contributed by atoms with van der Waals surface area (Å²) in [6, 6.07) is 20.0. The summed E-state index contributed by atoms with van der Waals surface area (Å²) in [6.07, 6.45) is 1.85. The second kappa shape index (κ2) is 5.93. The Morgan fingerprint density at radius 1 is 1.00 bits per heavy atom. The van der Waals surface area contributed by atoms with E-state index in [0.29, 0.717) is 12.4 Å². The number of carbonyl (C=O) groups excluding carboxylic acids is 1. The van der Waals surface area contributed by atoms with Crippen LogP contribution < -0.4 is 4.90 Å². The van der Waals surface area contributed by atoms with Crippen molar-refractivity contribution in [3.8, 4) is 0 Å². The number of fused-ring (bicyclic) bond motifs is 1. The van der Waals surface area contributed by atoms with Crippen LogP contribution in [0, 0.1) is 0 Å². The summed E-state index contributed by atoms with van der Waals surface area (Å²) in [5.41, 5.74) is 2.62. The predicted octanol–water partition coefficient (Wildman–Crippen LogP) is 3.39. The molecule has 0 bridgehead atoms. The Morgan fingerprint density at radius 3 is 2.43 bits per heavy atom. The summed E-state index contributed by atoms with van der Waals surface area (Å²) >= 11 is 1.59. The zero-order valence-corrected chi connectivity index (χ0v) is 13.2. The van der Waals surface area contributed by atoms with E-state index in [1.807, 2.05) is 54.6 Å². The van der Waals surface area contributed by atoms with Gasteiger partial charge in [-0.3, -0.25) is 9.69 Å². The Hall–Kier alpha value is -2.53. The highest BCUT2D eigenvalue weighted by Gasteiger charge is 2.35. The first-order chi connectivity index (χ1) is 11.3. The van der Waals surface area contributed by atoms with Gasteiger partial charge in [-0.05, 0) is 23.8 Å². The van der Waals surface area contributed by atoms with Crippen molar-refractivity contribution in [3.05, 3.63) is 71.9 Å². The molecule has 0 saturated carbocycles.